The molecule has 0 unspecified atom stereocenters. The van der Waals surface area contributed by atoms with E-state index in [1.807, 2.05) is 18.2 Å². The summed E-state index contributed by atoms with van der Waals surface area (Å²) < 4.78 is 11.3. The molecule has 3 aromatic carbocycles. The van der Waals surface area contributed by atoms with Crippen molar-refractivity contribution in [2.24, 2.45) is 5.41 Å². The van der Waals surface area contributed by atoms with Gasteiger partial charge in [0.1, 0.15) is 11.5 Å². The van der Waals surface area contributed by atoms with E-state index in [0.29, 0.717) is 6.42 Å². The molecule has 0 fully saturated rings. The monoisotopic (exact) mass is 413 g/mol. The van der Waals surface area contributed by atoms with Crippen molar-refractivity contribution in [3.8, 4) is 11.5 Å². The van der Waals surface area contributed by atoms with E-state index >= 15 is 0 Å². The molecule has 1 aliphatic heterocycles. The van der Waals surface area contributed by atoms with Gasteiger partial charge < -0.3 is 14.8 Å². The van der Waals surface area contributed by atoms with Crippen molar-refractivity contribution in [3.05, 3.63) is 77.0 Å². The number of fused-ring (bicyclic) bond motifs is 3. The van der Waals surface area contributed by atoms with Gasteiger partial charge in [0.2, 0.25) is 0 Å². The maximum Gasteiger partial charge on any atom is 0.162 e. The predicted molar refractivity (Wildman–Crippen MR) is 124 cm³/mol. The highest BCUT2D eigenvalue weighted by atomic mass is 16.5. The highest BCUT2D eigenvalue weighted by molar-refractivity contribution is 6.05. The predicted octanol–water partition coefficient (Wildman–Crippen LogP) is 6.06. The molecule has 2 aliphatic rings. The summed E-state index contributed by atoms with van der Waals surface area (Å²) in [6.07, 6.45) is 1.37. The summed E-state index contributed by atoms with van der Waals surface area (Å²) in [7, 11) is 3.34. The Kier molecular flexibility index (Phi) is 4.54. The molecule has 5 rings (SSSR count). The molecule has 1 N–H and O–H groups in total. The number of hydrogen-bond donors (Lipinski definition) is 1. The topological polar surface area (TPSA) is 47.6 Å². The minimum atomic E-state index is -0.204. The third-order valence-corrected chi connectivity index (χ3v) is 6.50. The summed E-state index contributed by atoms with van der Waals surface area (Å²) in [6, 6.07) is 18.5. The normalized spacial score (nSPS) is 19.5. The van der Waals surface area contributed by atoms with Gasteiger partial charge in [-0.25, -0.2) is 0 Å². The first kappa shape index (κ1) is 19.7. The van der Waals surface area contributed by atoms with Crippen LogP contribution in [0.1, 0.15) is 43.7 Å². The maximum absolute atomic E-state index is 13.5. The van der Waals surface area contributed by atoms with Crippen LogP contribution in [0.3, 0.4) is 0 Å². The number of allylic oxidation sites excluding steroid dienone is 2. The van der Waals surface area contributed by atoms with E-state index in [1.54, 1.807) is 14.2 Å². The largest absolute Gasteiger partial charge is 0.497 e. The molecule has 31 heavy (non-hydrogen) atoms. The van der Waals surface area contributed by atoms with E-state index in [9.17, 15) is 4.79 Å². The number of methoxy groups -OCH3 is 2. The Morgan fingerprint density at radius 3 is 2.52 bits per heavy atom. The summed E-state index contributed by atoms with van der Waals surface area (Å²) in [5.41, 5.74) is 4.94. The number of benzene rings is 3. The van der Waals surface area contributed by atoms with Gasteiger partial charge in [0.15, 0.2) is 5.78 Å². The number of anilines is 1. The standard InChI is InChI=1S/C27H27NO3/c1-27(2)14-21-25(22(29)15-27)24(20-13-17(30-3)10-12-23(20)31-4)19-11-9-16-7-5-6-8-18(16)26(19)28-21/h5-13,24,28H,14-15H2,1-4H3/t24-/m1/s1. The number of rotatable bonds is 3. The van der Waals surface area contributed by atoms with Gasteiger partial charge in [0, 0.05) is 34.6 Å². The van der Waals surface area contributed by atoms with Crippen molar-refractivity contribution in [2.45, 2.75) is 32.6 Å². The smallest absolute Gasteiger partial charge is 0.162 e. The first-order valence-electron chi connectivity index (χ1n) is 10.7. The van der Waals surface area contributed by atoms with Gasteiger partial charge in [-0.15, -0.1) is 0 Å². The number of nitrogens with one attached hydrogen (secondary N) is 1. The second-order valence-corrected chi connectivity index (χ2v) is 9.25. The number of Topliss-reactive ketones (excluding diaryl/α,β-unsaturated/α-hetero) is 1. The molecule has 1 aliphatic carbocycles. The lowest BCUT2D eigenvalue weighted by atomic mass is 9.68. The van der Waals surface area contributed by atoms with Crippen LogP contribution >= 0.6 is 0 Å². The molecule has 0 amide bonds. The Morgan fingerprint density at radius 1 is 0.935 bits per heavy atom. The van der Waals surface area contributed by atoms with Crippen molar-refractivity contribution < 1.29 is 14.3 Å². The van der Waals surface area contributed by atoms with Crippen LogP contribution in [0.2, 0.25) is 0 Å². The van der Waals surface area contributed by atoms with Crippen LogP contribution in [0.4, 0.5) is 5.69 Å². The van der Waals surface area contributed by atoms with E-state index in [-0.39, 0.29) is 17.1 Å². The van der Waals surface area contributed by atoms with E-state index in [2.05, 4.69) is 55.6 Å². The van der Waals surface area contributed by atoms with Crippen LogP contribution in [0, 0.1) is 5.41 Å². The molecular weight excluding hydrogens is 386 g/mol. The van der Waals surface area contributed by atoms with Crippen molar-refractivity contribution in [3.63, 3.8) is 0 Å². The molecule has 158 valence electrons. The SMILES string of the molecule is COc1ccc(OC)c([C@@H]2C3=C(CC(C)(C)CC3=O)Nc3c2ccc2ccccc32)c1. The average Bonchev–Trinajstić information content (AvgIpc) is 2.76. The third kappa shape index (κ3) is 3.18. The molecule has 1 heterocycles. The van der Waals surface area contributed by atoms with E-state index in [0.717, 1.165) is 51.4 Å². The second kappa shape index (κ2) is 7.16. The summed E-state index contributed by atoms with van der Waals surface area (Å²) in [5.74, 6) is 1.51. The fourth-order valence-electron chi connectivity index (χ4n) is 5.14. The zero-order valence-electron chi connectivity index (χ0n) is 18.4. The van der Waals surface area contributed by atoms with Crippen LogP contribution in [0.5, 0.6) is 11.5 Å². The minimum Gasteiger partial charge on any atom is -0.497 e. The molecule has 4 heteroatoms. The number of hydrogen-bond acceptors (Lipinski definition) is 4. The molecule has 0 radical (unpaired) electrons. The van der Waals surface area contributed by atoms with Crippen molar-refractivity contribution in [2.75, 3.05) is 19.5 Å². The molecule has 3 aromatic rings. The summed E-state index contributed by atoms with van der Waals surface area (Å²) in [5, 5.41) is 6.02. The number of carbonyl (C=O) groups excluding carboxylic acids is 1. The summed E-state index contributed by atoms with van der Waals surface area (Å²) in [6.45, 7) is 4.33. The zero-order valence-corrected chi connectivity index (χ0v) is 18.4. The van der Waals surface area contributed by atoms with E-state index in [4.69, 9.17) is 9.47 Å². The summed E-state index contributed by atoms with van der Waals surface area (Å²) in [4.78, 5) is 13.5. The molecule has 0 aromatic heterocycles. The first-order chi connectivity index (χ1) is 14.9. The molecule has 1 atom stereocenters. The Balaban J connectivity index is 1.82. The van der Waals surface area contributed by atoms with Gasteiger partial charge in [-0.05, 0) is 41.0 Å². The lowest BCUT2D eigenvalue weighted by molar-refractivity contribution is -0.118. The van der Waals surface area contributed by atoms with Gasteiger partial charge in [-0.1, -0.05) is 50.2 Å². The van der Waals surface area contributed by atoms with Gasteiger partial charge in [-0.2, -0.15) is 0 Å². The average molecular weight is 414 g/mol. The van der Waals surface area contributed by atoms with Gasteiger partial charge in [-0.3, -0.25) is 4.79 Å². The van der Waals surface area contributed by atoms with Crippen molar-refractivity contribution in [1.29, 1.82) is 0 Å². The number of carbonyl (C=O) groups is 1. The van der Waals surface area contributed by atoms with E-state index < -0.39 is 0 Å². The number of ether oxygens (including phenoxy) is 2. The van der Waals surface area contributed by atoms with Gasteiger partial charge >= 0.3 is 0 Å². The highest BCUT2D eigenvalue weighted by Gasteiger charge is 2.41. The fourth-order valence-corrected chi connectivity index (χ4v) is 5.14. The fraction of sp³-hybridized carbons (Fsp3) is 0.296. The quantitative estimate of drug-likeness (QED) is 0.567. The molecule has 0 saturated carbocycles. The Morgan fingerprint density at radius 2 is 1.74 bits per heavy atom. The Bertz CT molecular complexity index is 1240. The summed E-state index contributed by atoms with van der Waals surface area (Å²) >= 11 is 0. The molecular formula is C27H27NO3. The van der Waals surface area contributed by atoms with Gasteiger partial charge in [0.25, 0.3) is 0 Å². The van der Waals surface area contributed by atoms with Crippen molar-refractivity contribution >= 4 is 22.2 Å². The van der Waals surface area contributed by atoms with Gasteiger partial charge in [0.05, 0.1) is 19.9 Å². The van der Waals surface area contributed by atoms with Crippen LogP contribution < -0.4 is 14.8 Å². The number of ketones is 1. The van der Waals surface area contributed by atoms with Crippen LogP contribution in [0.25, 0.3) is 10.8 Å². The second-order valence-electron chi connectivity index (χ2n) is 9.25. The van der Waals surface area contributed by atoms with E-state index in [1.165, 1.54) is 5.39 Å². The van der Waals surface area contributed by atoms with Crippen LogP contribution in [-0.2, 0) is 4.79 Å². The van der Waals surface area contributed by atoms with Crippen LogP contribution in [-0.4, -0.2) is 20.0 Å². The zero-order chi connectivity index (χ0) is 21.8. The highest BCUT2D eigenvalue weighted by Crippen LogP contribution is 2.52. The Hall–Kier alpha value is -3.27. The molecule has 0 spiro atoms. The Labute approximate surface area is 182 Å². The first-order valence-corrected chi connectivity index (χ1v) is 10.7. The van der Waals surface area contributed by atoms with Crippen molar-refractivity contribution in [1.82, 2.24) is 0 Å². The lowest BCUT2D eigenvalue weighted by Gasteiger charge is -2.40. The lowest BCUT2D eigenvalue weighted by Crippen LogP contribution is -2.34. The van der Waals surface area contributed by atoms with Crippen LogP contribution in [0.15, 0.2) is 65.9 Å². The molecule has 4 nitrogen and oxygen atoms in total. The molecule has 0 saturated heterocycles. The molecule has 0 bridgehead atoms. The minimum absolute atomic E-state index is 0.0754. The maximum atomic E-state index is 13.5. The third-order valence-electron chi connectivity index (χ3n) is 6.50.